The average Bonchev–Trinajstić information content (AvgIpc) is 2.36. The second-order valence-electron chi connectivity index (χ2n) is 2.53. The van der Waals surface area contributed by atoms with E-state index in [1.807, 2.05) is 13.0 Å². The number of nitrogens with zero attached hydrogens (tertiary/aromatic N) is 1. The molecule has 3 nitrogen and oxygen atoms in total. The van der Waals surface area contributed by atoms with Gasteiger partial charge in [-0.05, 0) is 18.6 Å². The molecular formula is C8H8N2O. The number of fused-ring (bicyclic) bond motifs is 1. The van der Waals surface area contributed by atoms with E-state index in [2.05, 4.69) is 4.98 Å². The van der Waals surface area contributed by atoms with Gasteiger partial charge in [0.15, 0.2) is 12.0 Å². The number of hydrogen-bond acceptors (Lipinski definition) is 3. The van der Waals surface area contributed by atoms with Crippen molar-refractivity contribution >= 4 is 16.8 Å². The fourth-order valence-corrected chi connectivity index (χ4v) is 1.02. The van der Waals surface area contributed by atoms with Crippen molar-refractivity contribution in [1.82, 2.24) is 4.98 Å². The number of nitrogens with two attached hydrogens (primary N) is 1. The minimum atomic E-state index is 0.744. The highest BCUT2D eigenvalue weighted by atomic mass is 16.3. The van der Waals surface area contributed by atoms with Crippen LogP contribution in [-0.4, -0.2) is 4.98 Å². The quantitative estimate of drug-likeness (QED) is 0.578. The van der Waals surface area contributed by atoms with Gasteiger partial charge in [-0.15, -0.1) is 0 Å². The summed E-state index contributed by atoms with van der Waals surface area (Å²) >= 11 is 0. The molecule has 0 aliphatic carbocycles. The minimum absolute atomic E-state index is 0.744. The first-order valence-corrected chi connectivity index (χ1v) is 3.37. The molecule has 0 aliphatic rings. The predicted octanol–water partition coefficient (Wildman–Crippen LogP) is 1.72. The number of oxazole rings is 1. The first kappa shape index (κ1) is 6.22. The van der Waals surface area contributed by atoms with E-state index in [0.29, 0.717) is 0 Å². The summed E-state index contributed by atoms with van der Waals surface area (Å²) in [5.41, 5.74) is 9.04. The van der Waals surface area contributed by atoms with Crippen molar-refractivity contribution in [3.8, 4) is 0 Å². The smallest absolute Gasteiger partial charge is 0.181 e. The van der Waals surface area contributed by atoms with Crippen LogP contribution in [0.4, 0.5) is 5.69 Å². The highest BCUT2D eigenvalue weighted by Crippen LogP contribution is 2.19. The van der Waals surface area contributed by atoms with Crippen molar-refractivity contribution in [3.05, 3.63) is 24.1 Å². The molecule has 2 N–H and O–H groups in total. The highest BCUT2D eigenvalue weighted by molar-refractivity contribution is 5.78. The standard InChI is InChI=1S/C8H8N2O/c1-5-2-7-8(3-6(5)9)11-4-10-7/h2-4H,9H2,1H3. The van der Waals surface area contributed by atoms with Gasteiger partial charge in [-0.25, -0.2) is 4.98 Å². The van der Waals surface area contributed by atoms with Gasteiger partial charge in [0, 0.05) is 11.8 Å². The van der Waals surface area contributed by atoms with Crippen LogP contribution in [0.1, 0.15) is 5.56 Å². The molecule has 0 saturated heterocycles. The zero-order valence-corrected chi connectivity index (χ0v) is 6.16. The minimum Gasteiger partial charge on any atom is -0.443 e. The van der Waals surface area contributed by atoms with Crippen LogP contribution in [0.15, 0.2) is 22.9 Å². The lowest BCUT2D eigenvalue weighted by Gasteiger charge is -1.96. The Hall–Kier alpha value is -1.51. The summed E-state index contributed by atoms with van der Waals surface area (Å²) in [6.45, 7) is 1.95. The van der Waals surface area contributed by atoms with Gasteiger partial charge in [0.2, 0.25) is 0 Å². The van der Waals surface area contributed by atoms with Crippen molar-refractivity contribution in [1.29, 1.82) is 0 Å². The first-order chi connectivity index (χ1) is 5.27. The lowest BCUT2D eigenvalue weighted by Crippen LogP contribution is -1.87. The molecule has 1 aromatic carbocycles. The number of anilines is 1. The molecule has 0 unspecified atom stereocenters. The molecule has 0 fully saturated rings. The van der Waals surface area contributed by atoms with Gasteiger partial charge in [-0.1, -0.05) is 0 Å². The molecule has 0 bridgehead atoms. The maximum Gasteiger partial charge on any atom is 0.181 e. The molecule has 2 aromatic rings. The van der Waals surface area contributed by atoms with Crippen LogP contribution >= 0.6 is 0 Å². The molecule has 1 heterocycles. The second-order valence-corrected chi connectivity index (χ2v) is 2.53. The van der Waals surface area contributed by atoms with Crippen molar-refractivity contribution in [2.45, 2.75) is 6.92 Å². The third-order valence-corrected chi connectivity index (χ3v) is 1.72. The normalized spacial score (nSPS) is 10.6. The van der Waals surface area contributed by atoms with E-state index >= 15 is 0 Å². The molecular weight excluding hydrogens is 140 g/mol. The van der Waals surface area contributed by atoms with Crippen LogP contribution in [0.25, 0.3) is 11.1 Å². The predicted molar refractivity (Wildman–Crippen MR) is 43.2 cm³/mol. The van der Waals surface area contributed by atoms with Crippen LogP contribution < -0.4 is 5.73 Å². The van der Waals surface area contributed by atoms with Crippen LogP contribution in [0, 0.1) is 6.92 Å². The molecule has 56 valence electrons. The highest BCUT2D eigenvalue weighted by Gasteiger charge is 2.00. The van der Waals surface area contributed by atoms with Crippen LogP contribution in [-0.2, 0) is 0 Å². The number of aryl methyl sites for hydroxylation is 1. The number of aromatic nitrogens is 1. The first-order valence-electron chi connectivity index (χ1n) is 3.37. The molecule has 0 aliphatic heterocycles. The number of hydrogen-bond donors (Lipinski definition) is 1. The Kier molecular flexibility index (Phi) is 1.12. The van der Waals surface area contributed by atoms with Crippen LogP contribution in [0.5, 0.6) is 0 Å². The van der Waals surface area contributed by atoms with E-state index in [4.69, 9.17) is 10.2 Å². The van der Waals surface area contributed by atoms with Gasteiger partial charge in [-0.2, -0.15) is 0 Å². The van der Waals surface area contributed by atoms with Gasteiger partial charge in [0.05, 0.1) is 0 Å². The third kappa shape index (κ3) is 0.852. The number of nitrogen functional groups attached to an aromatic ring is 1. The SMILES string of the molecule is Cc1cc2ncoc2cc1N. The van der Waals surface area contributed by atoms with E-state index in [-0.39, 0.29) is 0 Å². The monoisotopic (exact) mass is 148 g/mol. The molecule has 0 spiro atoms. The van der Waals surface area contributed by atoms with Gasteiger partial charge in [-0.3, -0.25) is 0 Å². The summed E-state index contributed by atoms with van der Waals surface area (Å²) in [6.07, 6.45) is 1.42. The van der Waals surface area contributed by atoms with E-state index in [1.165, 1.54) is 6.39 Å². The molecule has 3 heteroatoms. The zero-order valence-electron chi connectivity index (χ0n) is 6.16. The molecule has 0 saturated carbocycles. The molecule has 1 aromatic heterocycles. The third-order valence-electron chi connectivity index (χ3n) is 1.72. The maximum atomic E-state index is 5.66. The Labute approximate surface area is 63.8 Å². The molecule has 0 amide bonds. The van der Waals surface area contributed by atoms with Gasteiger partial charge in [0.25, 0.3) is 0 Å². The summed E-state index contributed by atoms with van der Waals surface area (Å²) in [6, 6.07) is 3.70. The Balaban J connectivity index is 2.86. The Morgan fingerprint density at radius 1 is 1.45 bits per heavy atom. The van der Waals surface area contributed by atoms with E-state index in [1.54, 1.807) is 6.07 Å². The molecule has 0 radical (unpaired) electrons. The van der Waals surface area contributed by atoms with Crippen molar-refractivity contribution < 1.29 is 4.42 Å². The topological polar surface area (TPSA) is 52.0 Å². The summed E-state index contributed by atoms with van der Waals surface area (Å²) in [4.78, 5) is 4.00. The van der Waals surface area contributed by atoms with Crippen LogP contribution in [0.2, 0.25) is 0 Å². The lowest BCUT2D eigenvalue weighted by atomic mass is 10.2. The van der Waals surface area contributed by atoms with Gasteiger partial charge in [0.1, 0.15) is 5.52 Å². The molecule has 2 rings (SSSR count). The summed E-state index contributed by atoms with van der Waals surface area (Å²) in [7, 11) is 0. The van der Waals surface area contributed by atoms with Gasteiger partial charge >= 0.3 is 0 Å². The molecule has 0 atom stereocenters. The zero-order chi connectivity index (χ0) is 7.84. The van der Waals surface area contributed by atoms with Crippen LogP contribution in [0.3, 0.4) is 0 Å². The number of benzene rings is 1. The van der Waals surface area contributed by atoms with E-state index in [0.717, 1.165) is 22.4 Å². The second kappa shape index (κ2) is 1.99. The summed E-state index contributed by atoms with van der Waals surface area (Å²) < 4.78 is 5.06. The van der Waals surface area contributed by atoms with Crippen molar-refractivity contribution in [2.24, 2.45) is 0 Å². The largest absolute Gasteiger partial charge is 0.443 e. The van der Waals surface area contributed by atoms with Gasteiger partial charge < -0.3 is 10.2 Å². The van der Waals surface area contributed by atoms with Crippen molar-refractivity contribution in [2.75, 3.05) is 5.73 Å². The van der Waals surface area contributed by atoms with E-state index in [9.17, 15) is 0 Å². The summed E-state index contributed by atoms with van der Waals surface area (Å²) in [5.74, 6) is 0. The Bertz CT molecular complexity index is 356. The Morgan fingerprint density at radius 2 is 2.27 bits per heavy atom. The van der Waals surface area contributed by atoms with E-state index < -0.39 is 0 Å². The fourth-order valence-electron chi connectivity index (χ4n) is 1.02. The maximum absolute atomic E-state index is 5.66. The summed E-state index contributed by atoms with van der Waals surface area (Å²) in [5, 5.41) is 0. The van der Waals surface area contributed by atoms with Crippen molar-refractivity contribution in [3.63, 3.8) is 0 Å². The number of rotatable bonds is 0. The average molecular weight is 148 g/mol. The lowest BCUT2D eigenvalue weighted by molar-refractivity contribution is 0.602. The Morgan fingerprint density at radius 3 is 3.09 bits per heavy atom. The fraction of sp³-hybridized carbons (Fsp3) is 0.125. The molecule has 11 heavy (non-hydrogen) atoms.